The number of rotatable bonds is 3. The van der Waals surface area contributed by atoms with E-state index in [0.717, 1.165) is 42.9 Å². The van der Waals surface area contributed by atoms with Crippen LogP contribution in [0.4, 0.5) is 8.78 Å². The predicted octanol–water partition coefficient (Wildman–Crippen LogP) is 3.39. The van der Waals surface area contributed by atoms with Gasteiger partial charge in [-0.15, -0.1) is 5.10 Å². The van der Waals surface area contributed by atoms with E-state index >= 15 is 0 Å². The third-order valence-electron chi connectivity index (χ3n) is 5.58. The highest BCUT2D eigenvalue weighted by Crippen LogP contribution is 2.35. The molecule has 4 heterocycles. The lowest BCUT2D eigenvalue weighted by Gasteiger charge is -2.26. The third kappa shape index (κ3) is 2.84. The first-order valence-corrected chi connectivity index (χ1v) is 9.29. The van der Waals surface area contributed by atoms with Gasteiger partial charge >= 0.3 is 0 Å². The molecule has 5 rings (SSSR count). The summed E-state index contributed by atoms with van der Waals surface area (Å²) in [7, 11) is 0. The quantitative estimate of drug-likeness (QED) is 0.691. The molecule has 2 aliphatic rings. The van der Waals surface area contributed by atoms with Gasteiger partial charge in [0, 0.05) is 36.8 Å². The lowest BCUT2D eigenvalue weighted by molar-refractivity contribution is -0.00495. The van der Waals surface area contributed by atoms with Crippen LogP contribution < -0.4 is 0 Å². The summed E-state index contributed by atoms with van der Waals surface area (Å²) in [5.74, 6) is 0.577. The van der Waals surface area contributed by atoms with E-state index in [4.69, 9.17) is 9.15 Å². The minimum Gasteiger partial charge on any atom is -0.466 e. The third-order valence-corrected chi connectivity index (χ3v) is 5.58. The Hall–Kier alpha value is -2.58. The Morgan fingerprint density at radius 2 is 2.04 bits per heavy atom. The van der Waals surface area contributed by atoms with Crippen molar-refractivity contribution in [2.75, 3.05) is 13.1 Å². The van der Waals surface area contributed by atoms with Crippen molar-refractivity contribution in [3.63, 3.8) is 0 Å². The average Bonchev–Trinajstić information content (AvgIpc) is 3.31. The summed E-state index contributed by atoms with van der Waals surface area (Å²) in [5, 5.41) is 8.47. The molecule has 0 aliphatic carbocycles. The predicted molar refractivity (Wildman–Crippen MR) is 96.4 cm³/mol. The van der Waals surface area contributed by atoms with Crippen LogP contribution in [0.5, 0.6) is 0 Å². The fourth-order valence-corrected chi connectivity index (χ4v) is 4.23. The highest BCUT2D eigenvalue weighted by Gasteiger charge is 2.41. The highest BCUT2D eigenvalue weighted by molar-refractivity contribution is 5.62. The van der Waals surface area contributed by atoms with Crippen LogP contribution in [0.1, 0.15) is 28.8 Å². The van der Waals surface area contributed by atoms with Crippen molar-refractivity contribution in [1.82, 2.24) is 19.9 Å². The molecule has 0 spiro atoms. The molecule has 6 nitrogen and oxygen atoms in total. The summed E-state index contributed by atoms with van der Waals surface area (Å²) in [6.07, 6.45) is 0.00780. The van der Waals surface area contributed by atoms with E-state index in [0.29, 0.717) is 12.3 Å². The number of likely N-dealkylation sites (tertiary alicyclic amines) is 1. The minimum absolute atomic E-state index is 0.00780. The summed E-state index contributed by atoms with van der Waals surface area (Å²) < 4.78 is 41.0. The Morgan fingerprint density at radius 1 is 1.18 bits per heavy atom. The molecule has 1 aromatic carbocycles. The van der Waals surface area contributed by atoms with E-state index in [1.165, 1.54) is 17.7 Å². The summed E-state index contributed by atoms with van der Waals surface area (Å²) in [5.41, 5.74) is 2.55. The van der Waals surface area contributed by atoms with Gasteiger partial charge in [-0.05, 0) is 32.0 Å². The van der Waals surface area contributed by atoms with Crippen LogP contribution in [0.25, 0.3) is 11.3 Å². The van der Waals surface area contributed by atoms with E-state index in [-0.39, 0.29) is 17.7 Å². The number of halogens is 2. The molecule has 1 unspecified atom stereocenters. The second-order valence-electron chi connectivity index (χ2n) is 7.50. The summed E-state index contributed by atoms with van der Waals surface area (Å²) in [4.78, 5) is 2.31. The minimum atomic E-state index is -0.649. The van der Waals surface area contributed by atoms with Gasteiger partial charge in [-0.2, -0.15) is 0 Å². The van der Waals surface area contributed by atoms with Crippen LogP contribution in [0.2, 0.25) is 0 Å². The summed E-state index contributed by atoms with van der Waals surface area (Å²) in [6.45, 7) is 6.55. The van der Waals surface area contributed by atoms with Crippen LogP contribution in [0.3, 0.4) is 0 Å². The number of nitrogens with zero attached hydrogens (tertiary/aromatic N) is 4. The zero-order valence-electron chi connectivity index (χ0n) is 15.7. The van der Waals surface area contributed by atoms with Crippen LogP contribution >= 0.6 is 0 Å². The Labute approximate surface area is 160 Å². The number of ether oxygens (including phenoxy) is 1. The number of fused-ring (bicyclic) bond motifs is 3. The molecule has 0 radical (unpaired) electrons. The molecular weight excluding hydrogens is 366 g/mol. The molecule has 2 atom stereocenters. The van der Waals surface area contributed by atoms with Gasteiger partial charge in [-0.3, -0.25) is 4.90 Å². The fourth-order valence-electron chi connectivity index (χ4n) is 4.23. The van der Waals surface area contributed by atoms with E-state index in [1.54, 1.807) is 0 Å². The van der Waals surface area contributed by atoms with Crippen LogP contribution in [-0.2, 0) is 17.9 Å². The Bertz CT molecular complexity index is 1050. The van der Waals surface area contributed by atoms with Crippen molar-refractivity contribution < 1.29 is 17.9 Å². The SMILES string of the molecule is Cc1cc(CN2CC3OCc4c(-c5ccc(F)cc5F)nnn4[C@@H]3C2)c(C)o1. The number of aromatic nitrogens is 3. The second-order valence-corrected chi connectivity index (χ2v) is 7.50. The number of benzene rings is 1. The molecule has 28 heavy (non-hydrogen) atoms. The van der Waals surface area contributed by atoms with Gasteiger partial charge in [0.1, 0.15) is 28.8 Å². The fraction of sp³-hybridized carbons (Fsp3) is 0.400. The van der Waals surface area contributed by atoms with Crippen molar-refractivity contribution in [1.29, 1.82) is 0 Å². The number of aryl methyl sites for hydroxylation is 2. The average molecular weight is 386 g/mol. The standard InChI is InChI=1S/C20H20F2N4O2/c1-11-5-13(12(2)28-11)7-25-8-17-19(9-25)27-10-18-20(23-24-26(17)18)15-4-3-14(21)6-16(15)22/h3-6,17,19H,7-10H2,1-2H3/t17-,19?/m1/s1. The molecule has 1 fully saturated rings. The number of furan rings is 1. The van der Waals surface area contributed by atoms with Crippen LogP contribution in [0, 0.1) is 25.5 Å². The lowest BCUT2D eigenvalue weighted by atomic mass is 10.1. The molecule has 146 valence electrons. The summed E-state index contributed by atoms with van der Waals surface area (Å²) >= 11 is 0. The molecule has 0 N–H and O–H groups in total. The molecule has 0 amide bonds. The van der Waals surface area contributed by atoms with Gasteiger partial charge in [-0.1, -0.05) is 5.21 Å². The van der Waals surface area contributed by atoms with Crippen molar-refractivity contribution in [2.45, 2.75) is 39.1 Å². The number of hydrogen-bond acceptors (Lipinski definition) is 5. The Kier molecular flexibility index (Phi) is 4.06. The molecule has 0 bridgehead atoms. The molecule has 2 aliphatic heterocycles. The Balaban J connectivity index is 1.41. The van der Waals surface area contributed by atoms with E-state index in [9.17, 15) is 8.78 Å². The number of hydrogen-bond donors (Lipinski definition) is 0. The molecular formula is C20H20F2N4O2. The van der Waals surface area contributed by atoms with Crippen LogP contribution in [-0.4, -0.2) is 39.1 Å². The van der Waals surface area contributed by atoms with Crippen molar-refractivity contribution >= 4 is 0 Å². The molecule has 3 aromatic rings. The molecule has 8 heteroatoms. The maximum absolute atomic E-state index is 14.2. The molecule has 2 aromatic heterocycles. The van der Waals surface area contributed by atoms with E-state index < -0.39 is 11.6 Å². The molecule has 0 saturated carbocycles. The first kappa shape index (κ1) is 17.5. The largest absolute Gasteiger partial charge is 0.466 e. The summed E-state index contributed by atoms with van der Waals surface area (Å²) in [6, 6.07) is 5.56. The smallest absolute Gasteiger partial charge is 0.135 e. The molecule has 1 saturated heterocycles. The van der Waals surface area contributed by atoms with E-state index in [2.05, 4.69) is 21.3 Å². The van der Waals surface area contributed by atoms with Gasteiger partial charge < -0.3 is 9.15 Å². The van der Waals surface area contributed by atoms with Gasteiger partial charge in [0.15, 0.2) is 0 Å². The second kappa shape index (κ2) is 6.49. The maximum Gasteiger partial charge on any atom is 0.135 e. The first-order chi connectivity index (χ1) is 13.5. The van der Waals surface area contributed by atoms with Crippen molar-refractivity contribution in [3.05, 3.63) is 58.7 Å². The monoisotopic (exact) mass is 386 g/mol. The van der Waals surface area contributed by atoms with Gasteiger partial charge in [-0.25, -0.2) is 13.5 Å². The Morgan fingerprint density at radius 3 is 2.79 bits per heavy atom. The van der Waals surface area contributed by atoms with E-state index in [1.807, 2.05) is 18.5 Å². The van der Waals surface area contributed by atoms with Crippen molar-refractivity contribution in [2.24, 2.45) is 0 Å². The van der Waals surface area contributed by atoms with Gasteiger partial charge in [0.05, 0.1) is 24.4 Å². The lowest BCUT2D eigenvalue weighted by Crippen LogP contribution is -2.32. The maximum atomic E-state index is 14.2. The first-order valence-electron chi connectivity index (χ1n) is 9.29. The van der Waals surface area contributed by atoms with Crippen LogP contribution in [0.15, 0.2) is 28.7 Å². The zero-order chi connectivity index (χ0) is 19.4. The highest BCUT2D eigenvalue weighted by atomic mass is 19.1. The normalized spacial score (nSPS) is 21.7. The zero-order valence-corrected chi connectivity index (χ0v) is 15.7. The topological polar surface area (TPSA) is 56.3 Å². The van der Waals surface area contributed by atoms with Crippen molar-refractivity contribution in [3.8, 4) is 11.3 Å². The van der Waals surface area contributed by atoms with Gasteiger partial charge in [0.25, 0.3) is 0 Å². The van der Waals surface area contributed by atoms with Gasteiger partial charge in [0.2, 0.25) is 0 Å².